The molecule has 1 saturated carbocycles. The van der Waals surface area contributed by atoms with Gasteiger partial charge in [0.25, 0.3) is 5.91 Å². The number of hydrogen-bond donors (Lipinski definition) is 2. The quantitative estimate of drug-likeness (QED) is 0.377. The largest absolute Gasteiger partial charge is 0.367 e. The number of hydrogen-bond acceptors (Lipinski definition) is 7. The van der Waals surface area contributed by atoms with Gasteiger partial charge in [0.05, 0.1) is 18.3 Å². The van der Waals surface area contributed by atoms with E-state index in [1.165, 1.54) is 11.0 Å². The fourth-order valence-electron chi connectivity index (χ4n) is 5.76. The Labute approximate surface area is 224 Å². The Bertz CT molecular complexity index is 1620. The average Bonchev–Trinajstić information content (AvgIpc) is 3.57. The Hall–Kier alpha value is -4.57. The number of halogens is 1. The molecule has 9 nitrogen and oxygen atoms in total. The maximum Gasteiger partial charge on any atom is 0.267 e. The summed E-state index contributed by atoms with van der Waals surface area (Å²) in [6.45, 7) is 0.380. The summed E-state index contributed by atoms with van der Waals surface area (Å²) in [5.41, 5.74) is 2.35. The van der Waals surface area contributed by atoms with Gasteiger partial charge in [-0.05, 0) is 49.1 Å². The molecular weight excluding hydrogens is 497 g/mol. The van der Waals surface area contributed by atoms with Crippen molar-refractivity contribution in [3.63, 3.8) is 0 Å². The van der Waals surface area contributed by atoms with E-state index >= 15 is 0 Å². The molecule has 1 aliphatic carbocycles. The number of aromatic nitrogens is 3. The van der Waals surface area contributed by atoms with Crippen LogP contribution in [0.15, 0.2) is 77.8 Å². The molecule has 1 fully saturated rings. The normalized spacial score (nSPS) is 21.5. The van der Waals surface area contributed by atoms with E-state index in [-0.39, 0.29) is 11.9 Å². The monoisotopic (exact) mass is 523 g/mol. The zero-order valence-corrected chi connectivity index (χ0v) is 21.3. The molecule has 3 aliphatic rings. The highest BCUT2D eigenvalue weighted by Crippen LogP contribution is 2.46. The highest BCUT2D eigenvalue weighted by molar-refractivity contribution is 6.21. The van der Waals surface area contributed by atoms with Crippen molar-refractivity contribution in [3.8, 4) is 11.3 Å². The molecule has 2 aliphatic heterocycles. The third-order valence-electron chi connectivity index (χ3n) is 7.69. The van der Waals surface area contributed by atoms with Crippen LogP contribution in [-0.2, 0) is 6.54 Å². The second kappa shape index (κ2) is 8.74. The van der Waals surface area contributed by atoms with E-state index in [0.717, 1.165) is 29.7 Å². The summed E-state index contributed by atoms with van der Waals surface area (Å²) in [5.74, 6) is 0.738. The van der Waals surface area contributed by atoms with Crippen LogP contribution in [0.1, 0.15) is 35.2 Å². The molecule has 196 valence electrons. The first-order chi connectivity index (χ1) is 18.9. The number of amides is 1. The highest BCUT2D eigenvalue weighted by Gasteiger charge is 2.56. The van der Waals surface area contributed by atoms with Crippen molar-refractivity contribution < 1.29 is 14.3 Å². The summed E-state index contributed by atoms with van der Waals surface area (Å²) in [4.78, 5) is 25.7. The molecule has 4 heterocycles. The number of para-hydroxylation sites is 1. The number of rotatable bonds is 5. The number of guanidine groups is 1. The summed E-state index contributed by atoms with van der Waals surface area (Å²) >= 11 is 0. The molecule has 0 saturated heterocycles. The Balaban J connectivity index is 1.30. The third kappa shape index (κ3) is 3.78. The number of pyridine rings is 1. The lowest BCUT2D eigenvalue weighted by Crippen LogP contribution is -2.52. The summed E-state index contributed by atoms with van der Waals surface area (Å²) < 4.78 is 15.4. The van der Waals surface area contributed by atoms with Crippen molar-refractivity contribution in [2.24, 2.45) is 4.99 Å². The van der Waals surface area contributed by atoms with Crippen LogP contribution in [0.2, 0.25) is 0 Å². The van der Waals surface area contributed by atoms with Crippen LogP contribution < -0.4 is 10.2 Å². The molecule has 39 heavy (non-hydrogen) atoms. The van der Waals surface area contributed by atoms with Gasteiger partial charge in [0, 0.05) is 18.3 Å². The fraction of sp³-hybridized carbons (Fsp3) is 0.241. The molecule has 0 bridgehead atoms. The van der Waals surface area contributed by atoms with E-state index in [0.29, 0.717) is 41.8 Å². The van der Waals surface area contributed by atoms with Crippen molar-refractivity contribution in [3.05, 3.63) is 89.9 Å². The van der Waals surface area contributed by atoms with Crippen LogP contribution in [0.5, 0.6) is 0 Å². The zero-order valence-electron chi connectivity index (χ0n) is 21.3. The van der Waals surface area contributed by atoms with Gasteiger partial charge >= 0.3 is 0 Å². The maximum atomic E-state index is 13.7. The molecule has 2 aromatic heterocycles. The number of fused-ring (bicyclic) bond motifs is 5. The van der Waals surface area contributed by atoms with E-state index in [4.69, 9.17) is 5.10 Å². The van der Waals surface area contributed by atoms with Gasteiger partial charge in [-0.1, -0.05) is 48.5 Å². The Morgan fingerprint density at radius 1 is 1.08 bits per heavy atom. The molecule has 0 unspecified atom stereocenters. The van der Waals surface area contributed by atoms with Crippen molar-refractivity contribution >= 4 is 29.2 Å². The molecule has 10 heteroatoms. The standard InChI is InChI=1S/C29H26FN7O2/c1-35-27(38)24-25(31-20-7-3-2-4-8-20)36(34-26(24)37-22-10-6-16-29(22,39)33-28(35)37)17-18-12-14-19(15-13-18)21-9-5-11-23(30)32-21/h2-5,7-9,11-15,22,31,39H,6,10,16-17H2,1H3/t22-,29-/m0/s1. The third-order valence-corrected chi connectivity index (χ3v) is 7.69. The lowest BCUT2D eigenvalue weighted by Gasteiger charge is -2.34. The molecule has 0 radical (unpaired) electrons. The van der Waals surface area contributed by atoms with Crippen LogP contribution in [0.25, 0.3) is 11.3 Å². The SMILES string of the molecule is CN1C(=O)c2c(nn(Cc3ccc(-c4cccc(F)n4)cc3)c2Nc2ccccc2)N2C1=N[C@]1(O)CCC[C@H]21. The number of nitrogens with one attached hydrogen (secondary N) is 1. The minimum Gasteiger partial charge on any atom is -0.367 e. The lowest BCUT2D eigenvalue weighted by molar-refractivity contribution is 0.0512. The van der Waals surface area contributed by atoms with Crippen LogP contribution in [0.4, 0.5) is 21.7 Å². The lowest BCUT2D eigenvalue weighted by atomic mass is 10.1. The second-order valence-electron chi connectivity index (χ2n) is 10.2. The minimum absolute atomic E-state index is 0.235. The van der Waals surface area contributed by atoms with Crippen LogP contribution in [0, 0.1) is 5.95 Å². The predicted molar refractivity (Wildman–Crippen MR) is 145 cm³/mol. The molecule has 2 atom stereocenters. The topological polar surface area (TPSA) is 98.9 Å². The zero-order chi connectivity index (χ0) is 26.7. The van der Waals surface area contributed by atoms with Crippen molar-refractivity contribution in [1.82, 2.24) is 19.7 Å². The Kier molecular flexibility index (Phi) is 5.27. The van der Waals surface area contributed by atoms with Crippen molar-refractivity contribution in [2.75, 3.05) is 17.3 Å². The molecule has 0 spiro atoms. The van der Waals surface area contributed by atoms with Gasteiger partial charge in [0.1, 0.15) is 11.4 Å². The number of nitrogens with zero attached hydrogens (tertiary/aromatic N) is 6. The second-order valence-corrected chi connectivity index (χ2v) is 10.2. The number of aliphatic hydroxyl groups is 1. The van der Waals surface area contributed by atoms with Gasteiger partial charge in [0.15, 0.2) is 11.5 Å². The summed E-state index contributed by atoms with van der Waals surface area (Å²) in [5, 5.41) is 19.6. The molecule has 2 aromatic carbocycles. The first-order valence-corrected chi connectivity index (χ1v) is 13.0. The first-order valence-electron chi connectivity index (χ1n) is 13.0. The van der Waals surface area contributed by atoms with Crippen LogP contribution >= 0.6 is 0 Å². The van der Waals surface area contributed by atoms with Crippen LogP contribution in [-0.4, -0.2) is 55.5 Å². The van der Waals surface area contributed by atoms with Gasteiger partial charge < -0.3 is 10.4 Å². The summed E-state index contributed by atoms with van der Waals surface area (Å²) in [7, 11) is 1.68. The van der Waals surface area contributed by atoms with E-state index in [1.54, 1.807) is 23.9 Å². The molecule has 1 amide bonds. The molecule has 4 aromatic rings. The predicted octanol–water partition coefficient (Wildman–Crippen LogP) is 4.38. The Morgan fingerprint density at radius 2 is 1.87 bits per heavy atom. The van der Waals surface area contributed by atoms with E-state index in [2.05, 4.69) is 15.3 Å². The van der Waals surface area contributed by atoms with E-state index in [9.17, 15) is 14.3 Å². The number of benzene rings is 2. The van der Waals surface area contributed by atoms with Gasteiger partial charge in [0.2, 0.25) is 11.9 Å². The average molecular weight is 524 g/mol. The molecular formula is C29H26FN7O2. The van der Waals surface area contributed by atoms with Crippen LogP contribution in [0.3, 0.4) is 0 Å². The number of carbonyl (C=O) groups excluding carboxylic acids is 1. The molecule has 7 rings (SSSR count). The van der Waals surface area contributed by atoms with Gasteiger partial charge in [-0.2, -0.15) is 9.49 Å². The number of aliphatic imine (C=N–C) groups is 1. The van der Waals surface area contributed by atoms with E-state index in [1.807, 2.05) is 59.5 Å². The summed E-state index contributed by atoms with van der Waals surface area (Å²) in [6.07, 6.45) is 2.16. The highest BCUT2D eigenvalue weighted by atomic mass is 19.1. The van der Waals surface area contributed by atoms with Gasteiger partial charge in [-0.15, -0.1) is 0 Å². The Morgan fingerprint density at radius 3 is 2.64 bits per heavy atom. The minimum atomic E-state index is -1.22. The maximum absolute atomic E-state index is 13.7. The van der Waals surface area contributed by atoms with Gasteiger partial charge in [-0.25, -0.2) is 14.7 Å². The smallest absolute Gasteiger partial charge is 0.267 e. The first kappa shape index (κ1) is 23.5. The molecule has 2 N–H and O–H groups in total. The fourth-order valence-corrected chi connectivity index (χ4v) is 5.76. The van der Waals surface area contributed by atoms with Crippen molar-refractivity contribution in [1.29, 1.82) is 0 Å². The van der Waals surface area contributed by atoms with Crippen molar-refractivity contribution in [2.45, 2.75) is 37.6 Å². The van der Waals surface area contributed by atoms with E-state index < -0.39 is 11.7 Å². The number of anilines is 3. The number of carbonyl (C=O) groups is 1. The van der Waals surface area contributed by atoms with Gasteiger partial charge in [-0.3, -0.25) is 14.6 Å². The summed E-state index contributed by atoms with van der Waals surface area (Å²) in [6, 6.07) is 21.8.